The number of nitrogens with zero attached hydrogens (tertiary/aromatic N) is 4. The predicted molar refractivity (Wildman–Crippen MR) is 120 cm³/mol. The van der Waals surface area contributed by atoms with Crippen LogP contribution in [0.5, 0.6) is 0 Å². The second-order valence-electron chi connectivity index (χ2n) is 8.18. The zero-order valence-electron chi connectivity index (χ0n) is 18.4. The molecule has 0 fully saturated rings. The minimum absolute atomic E-state index is 0.159. The van der Waals surface area contributed by atoms with Crippen molar-refractivity contribution in [3.05, 3.63) is 88.9 Å². The smallest absolute Gasteiger partial charge is 0.419 e. The van der Waals surface area contributed by atoms with E-state index >= 15 is 0 Å². The van der Waals surface area contributed by atoms with Crippen molar-refractivity contribution in [2.75, 3.05) is 6.54 Å². The molecule has 1 amide bonds. The molecule has 0 saturated heterocycles. The van der Waals surface area contributed by atoms with Crippen molar-refractivity contribution in [1.29, 1.82) is 0 Å². The zero-order chi connectivity index (χ0) is 23.1. The van der Waals surface area contributed by atoms with Crippen LogP contribution in [0, 0.1) is 12.7 Å². The number of aromatic nitrogens is 3. The first-order valence-electron chi connectivity index (χ1n) is 10.7. The van der Waals surface area contributed by atoms with Gasteiger partial charge in [-0.3, -0.25) is 4.79 Å². The van der Waals surface area contributed by atoms with Crippen LogP contribution in [0.15, 0.2) is 54.9 Å². The van der Waals surface area contributed by atoms with Gasteiger partial charge in [-0.2, -0.15) is 0 Å². The van der Waals surface area contributed by atoms with E-state index in [-0.39, 0.29) is 24.9 Å². The first-order valence-corrected chi connectivity index (χ1v) is 10.7. The number of hydrogen-bond donors (Lipinski definition) is 0. The van der Waals surface area contributed by atoms with Gasteiger partial charge in [0.15, 0.2) is 0 Å². The van der Waals surface area contributed by atoms with E-state index in [0.29, 0.717) is 40.8 Å². The lowest BCUT2D eigenvalue weighted by atomic mass is 10.0. The number of benzene rings is 2. The van der Waals surface area contributed by atoms with Gasteiger partial charge in [-0.1, -0.05) is 42.5 Å². The molecule has 2 aromatic carbocycles. The molecule has 3 heterocycles. The van der Waals surface area contributed by atoms with E-state index in [1.807, 2.05) is 30.3 Å². The van der Waals surface area contributed by atoms with Gasteiger partial charge in [-0.25, -0.2) is 18.7 Å². The van der Waals surface area contributed by atoms with Gasteiger partial charge in [0.1, 0.15) is 18.8 Å². The molecule has 7 nitrogen and oxygen atoms in total. The molecule has 5 rings (SSSR count). The number of hydrogen-bond acceptors (Lipinski definition) is 4. The van der Waals surface area contributed by atoms with E-state index in [1.165, 1.54) is 17.0 Å². The van der Waals surface area contributed by atoms with Gasteiger partial charge in [-0.15, -0.1) is 0 Å². The van der Waals surface area contributed by atoms with Crippen LogP contribution in [0.3, 0.4) is 0 Å². The quantitative estimate of drug-likeness (QED) is 0.471. The van der Waals surface area contributed by atoms with Crippen LogP contribution in [-0.2, 0) is 31.4 Å². The van der Waals surface area contributed by atoms with Crippen LogP contribution in [0.25, 0.3) is 10.9 Å². The minimum atomic E-state index is -0.521. The van der Waals surface area contributed by atoms with Crippen molar-refractivity contribution in [3.8, 4) is 0 Å². The average molecular weight is 446 g/mol. The molecule has 0 N–H and O–H groups in total. The fraction of sp³-hybridized carbons (Fsp3) is 0.240. The fourth-order valence-corrected chi connectivity index (χ4v) is 4.45. The standard InChI is InChI=1S/C25H23FN4O3/c1-16-20(27-15-30(16)25(32)33-14-17-7-4-3-5-8-17)13-29-12-11-21-22(24(29)31)18-9-6-10-19(26)23(18)28(21)2/h3-10,15H,11-14H2,1-2H3. The third-order valence-corrected chi connectivity index (χ3v) is 6.26. The summed E-state index contributed by atoms with van der Waals surface area (Å²) in [7, 11) is 1.79. The second kappa shape index (κ2) is 8.20. The van der Waals surface area contributed by atoms with Gasteiger partial charge in [0, 0.05) is 31.1 Å². The van der Waals surface area contributed by atoms with Gasteiger partial charge >= 0.3 is 6.09 Å². The van der Waals surface area contributed by atoms with Crippen molar-refractivity contribution < 1.29 is 18.7 Å². The molecule has 168 valence electrons. The van der Waals surface area contributed by atoms with Gasteiger partial charge in [0.2, 0.25) is 0 Å². The average Bonchev–Trinajstić information content (AvgIpc) is 3.33. The Kier molecular flexibility index (Phi) is 5.20. The minimum Gasteiger partial charge on any atom is -0.444 e. The van der Waals surface area contributed by atoms with E-state index in [0.717, 1.165) is 11.3 Å². The van der Waals surface area contributed by atoms with Crippen LogP contribution >= 0.6 is 0 Å². The number of amides is 1. The Hall–Kier alpha value is -3.94. The van der Waals surface area contributed by atoms with E-state index in [9.17, 15) is 14.0 Å². The van der Waals surface area contributed by atoms with Crippen molar-refractivity contribution in [2.24, 2.45) is 7.05 Å². The lowest BCUT2D eigenvalue weighted by molar-refractivity contribution is 0.0725. The number of para-hydroxylation sites is 1. The Balaban J connectivity index is 1.35. The topological polar surface area (TPSA) is 69.4 Å². The summed E-state index contributed by atoms with van der Waals surface area (Å²) in [5, 5.41) is 0.619. The third kappa shape index (κ3) is 3.57. The van der Waals surface area contributed by atoms with Crippen molar-refractivity contribution in [2.45, 2.75) is 26.5 Å². The van der Waals surface area contributed by atoms with E-state index < -0.39 is 6.09 Å². The SMILES string of the molecule is Cc1c(CN2CCc3c(c4cccc(F)c4n3C)C2=O)ncn1C(=O)OCc1ccccc1. The van der Waals surface area contributed by atoms with Crippen LogP contribution in [0.2, 0.25) is 0 Å². The predicted octanol–water partition coefficient (Wildman–Crippen LogP) is 4.21. The molecular formula is C25H23FN4O3. The van der Waals surface area contributed by atoms with Gasteiger partial charge in [0.05, 0.1) is 29.0 Å². The van der Waals surface area contributed by atoms with E-state index in [4.69, 9.17) is 4.74 Å². The molecule has 0 unspecified atom stereocenters. The molecule has 2 aromatic heterocycles. The maximum atomic E-state index is 14.4. The molecule has 0 saturated carbocycles. The van der Waals surface area contributed by atoms with Crippen molar-refractivity contribution in [3.63, 3.8) is 0 Å². The normalized spacial score (nSPS) is 13.4. The van der Waals surface area contributed by atoms with Crippen molar-refractivity contribution in [1.82, 2.24) is 19.0 Å². The number of carbonyl (C=O) groups is 2. The summed E-state index contributed by atoms with van der Waals surface area (Å²) in [6.45, 7) is 2.69. The number of carbonyl (C=O) groups excluding carboxylic acids is 2. The van der Waals surface area contributed by atoms with Crippen LogP contribution < -0.4 is 0 Å². The van der Waals surface area contributed by atoms with Gasteiger partial charge in [0.25, 0.3) is 5.91 Å². The highest BCUT2D eigenvalue weighted by atomic mass is 19.1. The molecule has 1 aliphatic heterocycles. The summed E-state index contributed by atoms with van der Waals surface area (Å²) < 4.78 is 22.9. The molecule has 0 radical (unpaired) electrons. The second-order valence-corrected chi connectivity index (χ2v) is 8.18. The first-order chi connectivity index (χ1) is 16.0. The summed E-state index contributed by atoms with van der Waals surface area (Å²) in [5.74, 6) is -0.500. The monoisotopic (exact) mass is 446 g/mol. The van der Waals surface area contributed by atoms with Gasteiger partial charge in [-0.05, 0) is 18.6 Å². The first kappa shape index (κ1) is 20.9. The van der Waals surface area contributed by atoms with Crippen LogP contribution in [0.1, 0.15) is 33.0 Å². The largest absolute Gasteiger partial charge is 0.444 e. The highest BCUT2D eigenvalue weighted by molar-refractivity contribution is 6.09. The Morgan fingerprint density at radius 1 is 1.15 bits per heavy atom. The van der Waals surface area contributed by atoms with Gasteiger partial charge < -0.3 is 14.2 Å². The molecule has 0 bridgehead atoms. The highest BCUT2D eigenvalue weighted by Gasteiger charge is 2.31. The van der Waals surface area contributed by atoms with E-state index in [1.54, 1.807) is 35.6 Å². The lowest BCUT2D eigenvalue weighted by Gasteiger charge is -2.27. The molecule has 4 aromatic rings. The number of halogens is 1. The number of imidazole rings is 1. The number of fused-ring (bicyclic) bond motifs is 3. The summed E-state index contributed by atoms with van der Waals surface area (Å²) >= 11 is 0. The molecule has 0 spiro atoms. The Morgan fingerprint density at radius 2 is 1.94 bits per heavy atom. The fourth-order valence-electron chi connectivity index (χ4n) is 4.45. The zero-order valence-corrected chi connectivity index (χ0v) is 18.4. The number of aryl methyl sites for hydroxylation is 1. The van der Waals surface area contributed by atoms with Crippen molar-refractivity contribution >= 4 is 22.9 Å². The van der Waals surface area contributed by atoms with Crippen LogP contribution in [-0.4, -0.2) is 37.6 Å². The molecule has 0 aliphatic carbocycles. The Labute approximate surface area is 190 Å². The Bertz CT molecular complexity index is 1370. The summed E-state index contributed by atoms with van der Waals surface area (Å²) in [5.41, 5.74) is 3.95. The number of ether oxygens (including phenoxy) is 1. The third-order valence-electron chi connectivity index (χ3n) is 6.26. The van der Waals surface area contributed by atoms with Crippen LogP contribution in [0.4, 0.5) is 9.18 Å². The Morgan fingerprint density at radius 3 is 2.73 bits per heavy atom. The maximum Gasteiger partial charge on any atom is 0.419 e. The summed E-state index contributed by atoms with van der Waals surface area (Å²) in [6.07, 6.45) is 1.52. The highest BCUT2D eigenvalue weighted by Crippen LogP contribution is 2.32. The summed E-state index contributed by atoms with van der Waals surface area (Å²) in [6, 6.07) is 14.2. The summed E-state index contributed by atoms with van der Waals surface area (Å²) in [4.78, 5) is 31.9. The lowest BCUT2D eigenvalue weighted by Crippen LogP contribution is -2.37. The van der Waals surface area contributed by atoms with E-state index in [2.05, 4.69) is 4.98 Å². The molecular weight excluding hydrogens is 423 g/mol. The maximum absolute atomic E-state index is 14.4. The number of rotatable bonds is 4. The molecule has 33 heavy (non-hydrogen) atoms. The molecule has 1 aliphatic rings. The molecule has 8 heteroatoms. The molecule has 0 atom stereocenters.